The van der Waals surface area contributed by atoms with Crippen LogP contribution in [-0.2, 0) is 16.7 Å². The molecule has 40 heavy (non-hydrogen) atoms. The molecule has 2 heterocycles. The monoisotopic (exact) mass is 610 g/mol. The van der Waals surface area contributed by atoms with Crippen LogP contribution in [0.4, 0.5) is 0 Å². The number of nitrogens with zero attached hydrogens (tertiary/aromatic N) is 1. The molecule has 8 nitrogen and oxygen atoms in total. The number of methoxy groups -OCH3 is 1. The summed E-state index contributed by atoms with van der Waals surface area (Å²) in [4.78, 5) is 2.51. The van der Waals surface area contributed by atoms with E-state index in [1.54, 1.807) is 37.4 Å². The number of hydrogen-bond acceptors (Lipinski definition) is 8. The van der Waals surface area contributed by atoms with Crippen molar-refractivity contribution in [1.82, 2.24) is 10.2 Å². The maximum absolute atomic E-state index is 13.0. The van der Waals surface area contributed by atoms with Gasteiger partial charge in [-0.1, -0.05) is 42.0 Å². The summed E-state index contributed by atoms with van der Waals surface area (Å²) in [5.41, 5.74) is 2.07. The minimum atomic E-state index is -4.04. The highest BCUT2D eigenvalue weighted by molar-refractivity contribution is 7.87. The Morgan fingerprint density at radius 1 is 0.950 bits per heavy atom. The van der Waals surface area contributed by atoms with Crippen LogP contribution in [0.5, 0.6) is 23.0 Å². The molecule has 1 unspecified atom stereocenters. The van der Waals surface area contributed by atoms with Crippen LogP contribution in [0, 0.1) is 6.92 Å². The first-order valence-corrected chi connectivity index (χ1v) is 14.3. The van der Waals surface area contributed by atoms with Gasteiger partial charge in [0.25, 0.3) is 0 Å². The molecule has 1 saturated heterocycles. The van der Waals surface area contributed by atoms with E-state index in [-0.39, 0.29) is 41.6 Å². The van der Waals surface area contributed by atoms with Gasteiger partial charge in [-0.3, -0.25) is 4.90 Å². The van der Waals surface area contributed by atoms with Crippen molar-refractivity contribution in [1.29, 1.82) is 0 Å². The minimum absolute atomic E-state index is 0. The lowest BCUT2D eigenvalue weighted by atomic mass is 10.0. The summed E-state index contributed by atoms with van der Waals surface area (Å²) in [5.74, 6) is 1.75. The number of aryl methyl sites for hydroxylation is 1. The zero-order valence-electron chi connectivity index (χ0n) is 22.6. The third-order valence-electron chi connectivity index (χ3n) is 6.99. The van der Waals surface area contributed by atoms with E-state index in [2.05, 4.69) is 16.3 Å². The minimum Gasteiger partial charge on any atom is -0.496 e. The number of para-hydroxylation sites is 2. The van der Waals surface area contributed by atoms with E-state index in [9.17, 15) is 8.42 Å². The van der Waals surface area contributed by atoms with Gasteiger partial charge in [-0.05, 0) is 63.2 Å². The zero-order valence-corrected chi connectivity index (χ0v) is 25.0. The van der Waals surface area contributed by atoms with Crippen molar-refractivity contribution >= 4 is 34.9 Å². The molecule has 1 N–H and O–H groups in total. The number of fused-ring (bicyclic) bond motifs is 1. The van der Waals surface area contributed by atoms with Crippen LogP contribution in [0.2, 0.25) is 0 Å². The number of benzene rings is 3. The van der Waals surface area contributed by atoms with Crippen LogP contribution in [0.25, 0.3) is 0 Å². The Morgan fingerprint density at radius 2 is 1.65 bits per heavy atom. The highest BCUT2D eigenvalue weighted by Crippen LogP contribution is 2.41. The fourth-order valence-corrected chi connectivity index (χ4v) is 5.90. The summed E-state index contributed by atoms with van der Waals surface area (Å²) in [6, 6.07) is 20.0. The lowest BCUT2D eigenvalue weighted by Crippen LogP contribution is -2.48. The molecule has 0 radical (unpaired) electrons. The molecule has 3 aromatic carbocycles. The van der Waals surface area contributed by atoms with Crippen LogP contribution >= 0.6 is 24.8 Å². The highest BCUT2D eigenvalue weighted by atomic mass is 35.5. The Morgan fingerprint density at radius 3 is 2.38 bits per heavy atom. The molecule has 2 aliphatic heterocycles. The molecule has 0 amide bonds. The first kappa shape index (κ1) is 31.8. The van der Waals surface area contributed by atoms with E-state index in [0.717, 1.165) is 42.8 Å². The number of rotatable bonds is 9. The summed E-state index contributed by atoms with van der Waals surface area (Å²) >= 11 is 0. The molecule has 218 valence electrons. The summed E-state index contributed by atoms with van der Waals surface area (Å²) < 4.78 is 49.5. The van der Waals surface area contributed by atoms with Crippen molar-refractivity contribution < 1.29 is 26.8 Å². The van der Waals surface area contributed by atoms with Gasteiger partial charge in [0.05, 0.1) is 7.11 Å². The molecule has 2 aliphatic rings. The Hall–Kier alpha value is -2.69. The van der Waals surface area contributed by atoms with E-state index < -0.39 is 10.1 Å². The van der Waals surface area contributed by atoms with Gasteiger partial charge in [0.15, 0.2) is 11.5 Å². The van der Waals surface area contributed by atoms with Crippen molar-refractivity contribution in [2.45, 2.75) is 43.4 Å². The Kier molecular flexibility index (Phi) is 11.4. The third-order valence-corrected chi connectivity index (χ3v) is 8.24. The molecule has 0 aromatic heterocycles. The average molecular weight is 612 g/mol. The molecule has 0 saturated carbocycles. The van der Waals surface area contributed by atoms with Gasteiger partial charge in [0.2, 0.25) is 5.75 Å². The molecular weight excluding hydrogens is 575 g/mol. The molecule has 5 rings (SSSR count). The van der Waals surface area contributed by atoms with Crippen LogP contribution in [-0.4, -0.2) is 58.8 Å². The zero-order chi connectivity index (χ0) is 26.5. The van der Waals surface area contributed by atoms with Gasteiger partial charge in [0, 0.05) is 24.7 Å². The van der Waals surface area contributed by atoms with Gasteiger partial charge >= 0.3 is 10.1 Å². The molecule has 1 fully saturated rings. The first-order valence-electron chi connectivity index (χ1n) is 12.9. The second-order valence-electron chi connectivity index (χ2n) is 9.71. The fourth-order valence-electron chi connectivity index (χ4n) is 4.96. The SMILES string of the molecule is COc1ccccc1CN(CC1COc2cccc(OS(=O)(=O)c3ccc(C)cc3)c2O1)C1CCNCC1.Cl.Cl. The smallest absolute Gasteiger partial charge is 0.339 e. The van der Waals surface area contributed by atoms with Crippen LogP contribution in [0.1, 0.15) is 24.0 Å². The van der Waals surface area contributed by atoms with Gasteiger partial charge in [0.1, 0.15) is 23.4 Å². The standard InChI is InChI=1S/C29H34N2O6S.2ClH/c1-21-10-12-25(13-11-21)38(32,33)37-28-9-5-8-27-29(28)36-24(20-35-27)19-31(23-14-16-30-17-15-23)18-22-6-3-4-7-26(22)34-2;;/h3-13,23-24,30H,14-20H2,1-2H3;2*1H. The van der Waals surface area contributed by atoms with Crippen molar-refractivity contribution in [3.8, 4) is 23.0 Å². The summed E-state index contributed by atoms with van der Waals surface area (Å²) in [6.45, 7) is 5.51. The lowest BCUT2D eigenvalue weighted by Gasteiger charge is -2.38. The average Bonchev–Trinajstić information content (AvgIpc) is 2.94. The molecule has 0 aliphatic carbocycles. The molecule has 11 heteroatoms. The molecule has 0 spiro atoms. The number of nitrogens with one attached hydrogen (secondary N) is 1. The number of ether oxygens (including phenoxy) is 3. The predicted octanol–water partition coefficient (Wildman–Crippen LogP) is 5.01. The fraction of sp³-hybridized carbons (Fsp3) is 0.379. The third kappa shape index (κ3) is 7.53. The first-order chi connectivity index (χ1) is 18.4. The topological polar surface area (TPSA) is 86.3 Å². The summed E-state index contributed by atoms with van der Waals surface area (Å²) in [6.07, 6.45) is 1.75. The molecule has 3 aromatic rings. The summed E-state index contributed by atoms with van der Waals surface area (Å²) in [5, 5.41) is 3.44. The van der Waals surface area contributed by atoms with Gasteiger partial charge in [-0.25, -0.2) is 0 Å². The highest BCUT2D eigenvalue weighted by Gasteiger charge is 2.31. The van der Waals surface area contributed by atoms with Crippen LogP contribution in [0.15, 0.2) is 71.6 Å². The Balaban J connectivity index is 0.00000220. The van der Waals surface area contributed by atoms with Gasteiger partial charge in [-0.2, -0.15) is 8.42 Å². The van der Waals surface area contributed by atoms with Crippen molar-refractivity contribution in [3.05, 3.63) is 77.9 Å². The van der Waals surface area contributed by atoms with Gasteiger partial charge in [-0.15, -0.1) is 24.8 Å². The molecular formula is C29H36Cl2N2O6S. The van der Waals surface area contributed by atoms with Crippen LogP contribution in [0.3, 0.4) is 0 Å². The van der Waals surface area contributed by atoms with E-state index in [1.807, 2.05) is 25.1 Å². The van der Waals surface area contributed by atoms with Crippen molar-refractivity contribution in [2.24, 2.45) is 0 Å². The molecule has 0 bridgehead atoms. The number of halogens is 2. The van der Waals surface area contributed by atoms with E-state index in [4.69, 9.17) is 18.4 Å². The largest absolute Gasteiger partial charge is 0.496 e. The maximum Gasteiger partial charge on any atom is 0.339 e. The summed E-state index contributed by atoms with van der Waals surface area (Å²) in [7, 11) is -2.35. The molecule has 1 atom stereocenters. The Labute approximate surface area is 248 Å². The van der Waals surface area contributed by atoms with Crippen molar-refractivity contribution in [3.63, 3.8) is 0 Å². The van der Waals surface area contributed by atoms with Crippen LogP contribution < -0.4 is 23.7 Å². The Bertz CT molecular complexity index is 1350. The van der Waals surface area contributed by atoms with E-state index >= 15 is 0 Å². The van der Waals surface area contributed by atoms with Gasteiger partial charge < -0.3 is 23.7 Å². The lowest BCUT2D eigenvalue weighted by molar-refractivity contribution is 0.0343. The second-order valence-corrected chi connectivity index (χ2v) is 11.3. The second kappa shape index (κ2) is 14.3. The predicted molar refractivity (Wildman–Crippen MR) is 159 cm³/mol. The van der Waals surface area contributed by atoms with Crippen molar-refractivity contribution in [2.75, 3.05) is 33.4 Å². The quantitative estimate of drug-likeness (QED) is 0.338. The van der Waals surface area contributed by atoms with E-state index in [0.29, 0.717) is 37.2 Å². The normalized spacial score (nSPS) is 16.9. The number of hydrogen-bond donors (Lipinski definition) is 1. The maximum atomic E-state index is 13.0. The van der Waals surface area contributed by atoms with E-state index in [1.165, 1.54) is 12.1 Å². The number of piperidine rings is 1.